The molecule has 17 heavy (non-hydrogen) atoms. The summed E-state index contributed by atoms with van der Waals surface area (Å²) in [4.78, 5) is 22.9. The molecular formula is C11H22N2O4. The van der Waals surface area contributed by atoms with Crippen LogP contribution in [0.25, 0.3) is 0 Å². The van der Waals surface area contributed by atoms with Gasteiger partial charge in [-0.2, -0.15) is 0 Å². The Kier molecular flexibility index (Phi) is 5.95. The summed E-state index contributed by atoms with van der Waals surface area (Å²) < 4.78 is 4.98. The van der Waals surface area contributed by atoms with Gasteiger partial charge >= 0.3 is 6.09 Å². The van der Waals surface area contributed by atoms with E-state index in [1.165, 1.54) is 0 Å². The highest BCUT2D eigenvalue weighted by Crippen LogP contribution is 2.06. The van der Waals surface area contributed by atoms with Crippen molar-refractivity contribution in [3.05, 3.63) is 0 Å². The van der Waals surface area contributed by atoms with E-state index in [4.69, 9.17) is 9.84 Å². The van der Waals surface area contributed by atoms with Crippen molar-refractivity contribution in [1.29, 1.82) is 0 Å². The fourth-order valence-electron chi connectivity index (χ4n) is 1.03. The normalized spacial score (nSPS) is 13.1. The Balaban J connectivity index is 4.31. The first-order valence-corrected chi connectivity index (χ1v) is 5.56. The van der Waals surface area contributed by atoms with Crippen LogP contribution in [0.5, 0.6) is 0 Å². The minimum absolute atomic E-state index is 0.0583. The summed E-state index contributed by atoms with van der Waals surface area (Å²) >= 11 is 0. The van der Waals surface area contributed by atoms with Crippen molar-refractivity contribution in [3.63, 3.8) is 0 Å². The van der Waals surface area contributed by atoms with Crippen LogP contribution >= 0.6 is 0 Å². The van der Waals surface area contributed by atoms with Crippen LogP contribution in [0.15, 0.2) is 0 Å². The highest BCUT2D eigenvalue weighted by molar-refractivity contribution is 5.85. The maximum atomic E-state index is 11.5. The van der Waals surface area contributed by atoms with E-state index < -0.39 is 30.3 Å². The molecule has 0 spiro atoms. The van der Waals surface area contributed by atoms with Crippen molar-refractivity contribution in [1.82, 2.24) is 10.6 Å². The molecule has 1 atom stereocenters. The molecule has 1 unspecified atom stereocenters. The Bertz CT molecular complexity index is 271. The fraction of sp³-hybridized carbons (Fsp3) is 0.818. The first-order valence-electron chi connectivity index (χ1n) is 5.56. The number of aliphatic hydroxyl groups is 1. The summed E-state index contributed by atoms with van der Waals surface area (Å²) in [5.41, 5.74) is -0.640. The van der Waals surface area contributed by atoms with Crippen LogP contribution in [0.3, 0.4) is 0 Å². The molecule has 0 aliphatic rings. The summed E-state index contributed by atoms with van der Waals surface area (Å²) in [7, 11) is 0. The van der Waals surface area contributed by atoms with Gasteiger partial charge in [0.1, 0.15) is 11.6 Å². The van der Waals surface area contributed by atoms with Gasteiger partial charge in [-0.3, -0.25) is 4.79 Å². The highest BCUT2D eigenvalue weighted by atomic mass is 16.6. The molecule has 100 valence electrons. The Morgan fingerprint density at radius 3 is 2.12 bits per heavy atom. The Morgan fingerprint density at radius 2 is 1.76 bits per heavy atom. The van der Waals surface area contributed by atoms with Crippen LogP contribution in [0.1, 0.15) is 34.6 Å². The van der Waals surface area contributed by atoms with E-state index in [1.54, 1.807) is 34.6 Å². The maximum absolute atomic E-state index is 11.5. The lowest BCUT2D eigenvalue weighted by Gasteiger charge is -2.22. The molecular weight excluding hydrogens is 224 g/mol. The van der Waals surface area contributed by atoms with Gasteiger partial charge in [-0.25, -0.2) is 4.79 Å². The number of carbonyl (C=O) groups is 2. The topological polar surface area (TPSA) is 87.7 Å². The van der Waals surface area contributed by atoms with Crippen molar-refractivity contribution >= 4 is 12.0 Å². The van der Waals surface area contributed by atoms with Crippen molar-refractivity contribution < 1.29 is 19.4 Å². The molecule has 0 saturated carbocycles. The molecule has 0 heterocycles. The maximum Gasteiger partial charge on any atom is 0.408 e. The predicted molar refractivity (Wildman–Crippen MR) is 63.5 cm³/mol. The largest absolute Gasteiger partial charge is 0.444 e. The zero-order valence-corrected chi connectivity index (χ0v) is 11.0. The number of rotatable bonds is 4. The average molecular weight is 246 g/mol. The van der Waals surface area contributed by atoms with Gasteiger partial charge in [0, 0.05) is 6.04 Å². The Morgan fingerprint density at radius 1 is 1.24 bits per heavy atom. The van der Waals surface area contributed by atoms with E-state index in [0.29, 0.717) is 0 Å². The Labute approximate surface area is 102 Å². The lowest BCUT2D eigenvalue weighted by molar-refractivity contribution is -0.124. The zero-order valence-electron chi connectivity index (χ0n) is 11.0. The molecule has 0 aliphatic carbocycles. The predicted octanol–water partition coefficient (Wildman–Crippen LogP) is 0.397. The van der Waals surface area contributed by atoms with Crippen molar-refractivity contribution in [2.45, 2.75) is 52.3 Å². The van der Waals surface area contributed by atoms with E-state index in [-0.39, 0.29) is 6.04 Å². The number of hydrogen-bond acceptors (Lipinski definition) is 4. The minimum Gasteiger partial charge on any atom is -0.444 e. The summed E-state index contributed by atoms with van der Waals surface area (Å²) in [6.07, 6.45) is -0.726. The van der Waals surface area contributed by atoms with Crippen molar-refractivity contribution in [2.24, 2.45) is 0 Å². The lowest BCUT2D eigenvalue weighted by atomic mass is 10.2. The highest BCUT2D eigenvalue weighted by Gasteiger charge is 2.23. The molecule has 0 aromatic carbocycles. The summed E-state index contributed by atoms with van der Waals surface area (Å²) in [6, 6.07) is -1.05. The van der Waals surface area contributed by atoms with E-state index in [2.05, 4.69) is 10.6 Å². The van der Waals surface area contributed by atoms with Gasteiger partial charge in [-0.1, -0.05) is 0 Å². The van der Waals surface area contributed by atoms with Crippen molar-refractivity contribution in [2.75, 3.05) is 6.61 Å². The lowest BCUT2D eigenvalue weighted by Crippen LogP contribution is -2.51. The molecule has 0 aromatic rings. The average Bonchev–Trinajstić information content (AvgIpc) is 2.09. The number of aliphatic hydroxyl groups excluding tert-OH is 1. The molecule has 0 fully saturated rings. The number of amides is 2. The van der Waals surface area contributed by atoms with Crippen LogP contribution in [0.4, 0.5) is 4.79 Å². The van der Waals surface area contributed by atoms with E-state index in [1.807, 2.05) is 0 Å². The molecule has 0 aliphatic heterocycles. The SMILES string of the molecule is CC(C)NC(=O)C(CO)NC(=O)OC(C)(C)C. The van der Waals surface area contributed by atoms with Gasteiger partial charge < -0.3 is 20.5 Å². The van der Waals surface area contributed by atoms with Crippen molar-refractivity contribution in [3.8, 4) is 0 Å². The zero-order chi connectivity index (χ0) is 13.6. The van der Waals surface area contributed by atoms with Crippen LogP contribution in [-0.2, 0) is 9.53 Å². The Hall–Kier alpha value is -1.30. The molecule has 0 bridgehead atoms. The molecule has 0 radical (unpaired) electrons. The van der Waals surface area contributed by atoms with Gasteiger partial charge in [-0.05, 0) is 34.6 Å². The second kappa shape index (κ2) is 6.44. The summed E-state index contributed by atoms with van der Waals surface area (Å²) in [5.74, 6) is -0.437. The third kappa shape index (κ3) is 7.57. The van der Waals surface area contributed by atoms with Crippen LogP contribution < -0.4 is 10.6 Å². The number of alkyl carbamates (subject to hydrolysis) is 1. The van der Waals surface area contributed by atoms with Crippen LogP contribution in [-0.4, -0.2) is 41.4 Å². The molecule has 2 amide bonds. The molecule has 6 nitrogen and oxygen atoms in total. The summed E-state index contributed by atoms with van der Waals surface area (Å²) in [5, 5.41) is 13.9. The van der Waals surface area contributed by atoms with E-state index in [0.717, 1.165) is 0 Å². The summed E-state index contributed by atoms with van der Waals surface area (Å²) in [6.45, 7) is 8.26. The smallest absolute Gasteiger partial charge is 0.408 e. The standard InChI is InChI=1S/C11H22N2O4/c1-7(2)12-9(15)8(6-14)13-10(16)17-11(3,4)5/h7-8,14H,6H2,1-5H3,(H,12,15)(H,13,16). The molecule has 0 saturated heterocycles. The third-order valence-electron chi connectivity index (χ3n) is 1.62. The first-order chi connectivity index (χ1) is 7.65. The van der Waals surface area contributed by atoms with Crippen LogP contribution in [0.2, 0.25) is 0 Å². The molecule has 0 aromatic heterocycles. The minimum atomic E-state index is -0.993. The second-order valence-electron chi connectivity index (χ2n) is 5.04. The third-order valence-corrected chi connectivity index (χ3v) is 1.62. The van der Waals surface area contributed by atoms with Crippen LogP contribution in [0, 0.1) is 0 Å². The molecule has 3 N–H and O–H groups in total. The van der Waals surface area contributed by atoms with Gasteiger partial charge in [0.05, 0.1) is 6.61 Å². The number of ether oxygens (including phenoxy) is 1. The first kappa shape index (κ1) is 15.7. The van der Waals surface area contributed by atoms with Gasteiger partial charge in [-0.15, -0.1) is 0 Å². The fourth-order valence-corrected chi connectivity index (χ4v) is 1.03. The van der Waals surface area contributed by atoms with Gasteiger partial charge in [0.15, 0.2) is 0 Å². The van der Waals surface area contributed by atoms with E-state index >= 15 is 0 Å². The number of nitrogens with one attached hydrogen (secondary N) is 2. The van der Waals surface area contributed by atoms with E-state index in [9.17, 15) is 9.59 Å². The molecule has 0 rings (SSSR count). The monoisotopic (exact) mass is 246 g/mol. The second-order valence-corrected chi connectivity index (χ2v) is 5.04. The quantitative estimate of drug-likeness (QED) is 0.670. The van der Waals surface area contributed by atoms with Gasteiger partial charge in [0.25, 0.3) is 0 Å². The van der Waals surface area contributed by atoms with Gasteiger partial charge in [0.2, 0.25) is 5.91 Å². The number of hydrogen-bond donors (Lipinski definition) is 3. The molecule has 6 heteroatoms. The number of carbonyl (C=O) groups excluding carboxylic acids is 2.